The van der Waals surface area contributed by atoms with Crippen molar-refractivity contribution in [3.05, 3.63) is 60.2 Å². The largest absolute Gasteiger partial charge is 0.362 e. The summed E-state index contributed by atoms with van der Waals surface area (Å²) in [6, 6.07) is 17.1. The topological polar surface area (TPSA) is 46.5 Å². The first kappa shape index (κ1) is 14.4. The number of ether oxygens (including phenoxy) is 1. The molecule has 0 spiro atoms. The molecule has 3 heteroatoms. The predicted octanol–water partition coefficient (Wildman–Crippen LogP) is 3.28. The Kier molecular flexibility index (Phi) is 5.04. The Bertz CT molecular complexity index is 546. The number of ketones is 1. The van der Waals surface area contributed by atoms with E-state index in [9.17, 15) is 9.90 Å². The van der Waals surface area contributed by atoms with E-state index in [-0.39, 0.29) is 0 Å². The van der Waals surface area contributed by atoms with Gasteiger partial charge in [-0.2, -0.15) is 0 Å². The Labute approximate surface area is 118 Å². The third-order valence-electron chi connectivity index (χ3n) is 2.98. The maximum Gasteiger partial charge on any atom is 0.220 e. The molecule has 0 saturated carbocycles. The van der Waals surface area contributed by atoms with Crippen LogP contribution in [0.25, 0.3) is 11.1 Å². The van der Waals surface area contributed by atoms with E-state index >= 15 is 0 Å². The van der Waals surface area contributed by atoms with Crippen LogP contribution >= 0.6 is 0 Å². The Balaban J connectivity index is 2.10. The van der Waals surface area contributed by atoms with Gasteiger partial charge in [-0.3, -0.25) is 4.79 Å². The molecule has 2 aromatic carbocycles. The molecule has 0 bridgehead atoms. The zero-order valence-electron chi connectivity index (χ0n) is 11.5. The molecule has 2 rings (SSSR count). The quantitative estimate of drug-likeness (QED) is 0.647. The molecule has 0 heterocycles. The van der Waals surface area contributed by atoms with Crippen molar-refractivity contribution in [3.8, 4) is 11.1 Å². The summed E-state index contributed by atoms with van der Waals surface area (Å²) in [7, 11) is 0. The van der Waals surface area contributed by atoms with Crippen molar-refractivity contribution in [2.24, 2.45) is 0 Å². The summed E-state index contributed by atoms with van der Waals surface area (Å²) in [6.45, 7) is 2.29. The third kappa shape index (κ3) is 3.53. The molecule has 0 amide bonds. The first-order valence-corrected chi connectivity index (χ1v) is 6.71. The SMILES string of the molecule is CCCO[C@@H](O)C(=O)c1ccc(-c2ccccc2)cc1. The van der Waals surface area contributed by atoms with E-state index < -0.39 is 12.1 Å². The van der Waals surface area contributed by atoms with Gasteiger partial charge in [0.1, 0.15) is 0 Å². The smallest absolute Gasteiger partial charge is 0.220 e. The Hall–Kier alpha value is -1.97. The highest BCUT2D eigenvalue weighted by Crippen LogP contribution is 2.19. The molecular weight excluding hydrogens is 252 g/mol. The molecule has 20 heavy (non-hydrogen) atoms. The molecule has 0 radical (unpaired) electrons. The number of aliphatic hydroxyl groups excluding tert-OH is 1. The predicted molar refractivity (Wildman–Crippen MR) is 78.5 cm³/mol. The molecule has 2 aromatic rings. The molecule has 104 valence electrons. The fourth-order valence-electron chi connectivity index (χ4n) is 1.91. The summed E-state index contributed by atoms with van der Waals surface area (Å²) in [5.74, 6) is -0.405. The molecular formula is C17H18O3. The van der Waals surface area contributed by atoms with Gasteiger partial charge in [-0.25, -0.2) is 0 Å². The van der Waals surface area contributed by atoms with Crippen LogP contribution in [0.5, 0.6) is 0 Å². The Morgan fingerprint density at radius 3 is 2.25 bits per heavy atom. The standard InChI is InChI=1S/C17H18O3/c1-2-12-20-17(19)16(18)15-10-8-14(9-11-15)13-6-4-3-5-7-13/h3-11,17,19H,2,12H2,1H3/t17-/m1/s1. The minimum atomic E-state index is -1.38. The highest BCUT2D eigenvalue weighted by Gasteiger charge is 2.17. The number of Topliss-reactive ketones (excluding diaryl/α,β-unsaturated/α-hetero) is 1. The molecule has 0 unspecified atom stereocenters. The van der Waals surface area contributed by atoms with Crippen LogP contribution in [-0.2, 0) is 4.74 Å². The number of hydrogen-bond acceptors (Lipinski definition) is 3. The summed E-state index contributed by atoms with van der Waals surface area (Å²) < 4.78 is 5.03. The average molecular weight is 270 g/mol. The summed E-state index contributed by atoms with van der Waals surface area (Å²) >= 11 is 0. The lowest BCUT2D eigenvalue weighted by Gasteiger charge is -2.10. The lowest BCUT2D eigenvalue weighted by molar-refractivity contribution is -0.0717. The van der Waals surface area contributed by atoms with Gasteiger partial charge >= 0.3 is 0 Å². The van der Waals surface area contributed by atoms with Crippen LogP contribution in [0.3, 0.4) is 0 Å². The molecule has 1 atom stereocenters. The van der Waals surface area contributed by atoms with E-state index in [2.05, 4.69) is 0 Å². The second kappa shape index (κ2) is 6.98. The normalized spacial score (nSPS) is 12.1. The number of rotatable bonds is 6. The van der Waals surface area contributed by atoms with Crippen molar-refractivity contribution in [2.45, 2.75) is 19.6 Å². The number of carbonyl (C=O) groups excluding carboxylic acids is 1. The van der Waals surface area contributed by atoms with Gasteiger partial charge in [-0.05, 0) is 17.5 Å². The third-order valence-corrected chi connectivity index (χ3v) is 2.98. The second-order valence-electron chi connectivity index (χ2n) is 4.53. The molecule has 3 nitrogen and oxygen atoms in total. The minimum absolute atomic E-state index is 0.370. The monoisotopic (exact) mass is 270 g/mol. The van der Waals surface area contributed by atoms with Gasteiger partial charge in [-0.15, -0.1) is 0 Å². The van der Waals surface area contributed by atoms with E-state index in [1.807, 2.05) is 49.4 Å². The molecule has 0 aliphatic heterocycles. The van der Waals surface area contributed by atoms with Crippen molar-refractivity contribution < 1.29 is 14.6 Å². The molecule has 0 aliphatic carbocycles. The summed E-state index contributed by atoms with van der Waals surface area (Å²) in [6.07, 6.45) is -0.616. The van der Waals surface area contributed by atoms with Crippen molar-refractivity contribution in [2.75, 3.05) is 6.61 Å². The maximum atomic E-state index is 11.9. The molecule has 0 aromatic heterocycles. The second-order valence-corrected chi connectivity index (χ2v) is 4.53. The molecule has 1 N–H and O–H groups in total. The van der Waals surface area contributed by atoms with Gasteiger partial charge < -0.3 is 9.84 Å². The van der Waals surface area contributed by atoms with Gasteiger partial charge in [0.05, 0.1) is 0 Å². The molecule has 0 fully saturated rings. The number of aliphatic hydroxyl groups is 1. The van der Waals surface area contributed by atoms with E-state index in [1.54, 1.807) is 12.1 Å². The highest BCUT2D eigenvalue weighted by molar-refractivity contribution is 5.98. The lowest BCUT2D eigenvalue weighted by Crippen LogP contribution is -2.24. The van der Waals surface area contributed by atoms with Crippen LogP contribution < -0.4 is 0 Å². The van der Waals surface area contributed by atoms with Crippen LogP contribution in [0.2, 0.25) is 0 Å². The van der Waals surface area contributed by atoms with Crippen molar-refractivity contribution in [1.82, 2.24) is 0 Å². The number of benzene rings is 2. The number of hydrogen-bond donors (Lipinski definition) is 1. The summed E-state index contributed by atoms with van der Waals surface area (Å²) in [5, 5.41) is 9.62. The summed E-state index contributed by atoms with van der Waals surface area (Å²) in [5.41, 5.74) is 2.58. The van der Waals surface area contributed by atoms with E-state index in [1.165, 1.54) is 0 Å². The van der Waals surface area contributed by atoms with E-state index in [4.69, 9.17) is 4.74 Å². The fourth-order valence-corrected chi connectivity index (χ4v) is 1.91. The maximum absolute atomic E-state index is 11.9. The van der Waals surface area contributed by atoms with Gasteiger partial charge in [0.15, 0.2) is 0 Å². The zero-order valence-corrected chi connectivity index (χ0v) is 11.5. The van der Waals surface area contributed by atoms with Crippen molar-refractivity contribution >= 4 is 5.78 Å². The lowest BCUT2D eigenvalue weighted by atomic mass is 10.0. The first-order chi connectivity index (χ1) is 9.72. The van der Waals surface area contributed by atoms with Crippen LogP contribution in [-0.4, -0.2) is 23.8 Å². The number of carbonyl (C=O) groups is 1. The molecule has 0 saturated heterocycles. The van der Waals surface area contributed by atoms with Gasteiger partial charge in [-0.1, -0.05) is 61.5 Å². The van der Waals surface area contributed by atoms with Crippen molar-refractivity contribution in [1.29, 1.82) is 0 Å². The van der Waals surface area contributed by atoms with E-state index in [0.717, 1.165) is 17.5 Å². The Morgan fingerprint density at radius 2 is 1.65 bits per heavy atom. The van der Waals surface area contributed by atoms with E-state index in [0.29, 0.717) is 12.2 Å². The van der Waals surface area contributed by atoms with Crippen LogP contribution in [0, 0.1) is 0 Å². The highest BCUT2D eigenvalue weighted by atomic mass is 16.6. The van der Waals surface area contributed by atoms with Gasteiger partial charge in [0, 0.05) is 12.2 Å². The van der Waals surface area contributed by atoms with Crippen LogP contribution in [0.4, 0.5) is 0 Å². The average Bonchev–Trinajstić information content (AvgIpc) is 2.53. The fraction of sp³-hybridized carbons (Fsp3) is 0.235. The summed E-state index contributed by atoms with van der Waals surface area (Å²) in [4.78, 5) is 11.9. The van der Waals surface area contributed by atoms with Crippen LogP contribution in [0.15, 0.2) is 54.6 Å². The van der Waals surface area contributed by atoms with Crippen molar-refractivity contribution in [3.63, 3.8) is 0 Å². The van der Waals surface area contributed by atoms with Gasteiger partial charge in [0.2, 0.25) is 12.1 Å². The Morgan fingerprint density at radius 1 is 1.05 bits per heavy atom. The van der Waals surface area contributed by atoms with Crippen LogP contribution in [0.1, 0.15) is 23.7 Å². The molecule has 0 aliphatic rings. The zero-order chi connectivity index (χ0) is 14.4. The van der Waals surface area contributed by atoms with Gasteiger partial charge in [0.25, 0.3) is 0 Å². The minimum Gasteiger partial charge on any atom is -0.362 e. The first-order valence-electron chi connectivity index (χ1n) is 6.71.